The van der Waals surface area contributed by atoms with E-state index in [1.807, 2.05) is 0 Å². The molecule has 1 aromatic carbocycles. The van der Waals surface area contributed by atoms with Crippen LogP contribution in [0, 0.1) is 28.4 Å². The Hall–Kier alpha value is -2.86. The molecule has 0 aliphatic carbocycles. The van der Waals surface area contributed by atoms with Crippen LogP contribution in [0.15, 0.2) is 23.4 Å². The predicted octanol–water partition coefficient (Wildman–Crippen LogP) is 2.33. The molecule has 1 aliphatic heterocycles. The standard InChI is InChI=1S/C14H11N5O3S/c1-8-6-9(19(21)22)2-3-10(8)13(20)16-12-11(7-15)18-4-5-23-14(18)17-12/h2-3,6H,4-5H2,1H3,(H,16,20). The molecule has 1 amide bonds. The minimum absolute atomic E-state index is 0.0749. The van der Waals surface area contributed by atoms with Gasteiger partial charge in [0.25, 0.3) is 11.6 Å². The van der Waals surface area contributed by atoms with Crippen LogP contribution in [0.1, 0.15) is 21.6 Å². The number of carbonyl (C=O) groups is 1. The van der Waals surface area contributed by atoms with Gasteiger partial charge in [-0.15, -0.1) is 0 Å². The minimum Gasteiger partial charge on any atom is -0.308 e. The molecule has 1 aliphatic rings. The molecular formula is C14H11N5O3S. The number of nitriles is 1. The molecule has 3 rings (SSSR count). The van der Waals surface area contributed by atoms with Gasteiger partial charge in [0.2, 0.25) is 0 Å². The van der Waals surface area contributed by atoms with Crippen LogP contribution in [-0.4, -0.2) is 26.1 Å². The number of benzene rings is 1. The van der Waals surface area contributed by atoms with Crippen molar-refractivity contribution in [2.45, 2.75) is 18.6 Å². The van der Waals surface area contributed by atoms with E-state index in [1.54, 1.807) is 11.5 Å². The summed E-state index contributed by atoms with van der Waals surface area (Å²) in [5.41, 5.74) is 1.03. The van der Waals surface area contributed by atoms with Crippen LogP contribution in [0.4, 0.5) is 11.5 Å². The average molecular weight is 329 g/mol. The number of nitrogens with one attached hydrogen (secondary N) is 1. The number of nitro benzene ring substituents is 1. The van der Waals surface area contributed by atoms with Gasteiger partial charge in [0.1, 0.15) is 6.07 Å². The number of thioether (sulfide) groups is 1. The number of fused-ring (bicyclic) bond motifs is 1. The molecule has 1 aromatic heterocycles. The van der Waals surface area contributed by atoms with Gasteiger partial charge in [0.05, 0.1) is 4.92 Å². The van der Waals surface area contributed by atoms with Gasteiger partial charge in [-0.1, -0.05) is 11.8 Å². The van der Waals surface area contributed by atoms with Crippen molar-refractivity contribution in [1.29, 1.82) is 5.26 Å². The second kappa shape index (κ2) is 5.73. The van der Waals surface area contributed by atoms with Crippen LogP contribution in [0.3, 0.4) is 0 Å². The summed E-state index contributed by atoms with van der Waals surface area (Å²) in [6.45, 7) is 2.30. The first-order chi connectivity index (χ1) is 11.0. The number of hydrogen-bond donors (Lipinski definition) is 1. The van der Waals surface area contributed by atoms with Crippen LogP contribution < -0.4 is 5.32 Å². The van der Waals surface area contributed by atoms with Crippen molar-refractivity contribution in [3.05, 3.63) is 45.1 Å². The number of anilines is 1. The Morgan fingerprint density at radius 3 is 3.00 bits per heavy atom. The number of non-ortho nitro benzene ring substituents is 1. The summed E-state index contributed by atoms with van der Waals surface area (Å²) in [5, 5.41) is 23.3. The normalized spacial score (nSPS) is 12.5. The first kappa shape index (κ1) is 15.1. The number of aromatic nitrogens is 2. The monoisotopic (exact) mass is 329 g/mol. The van der Waals surface area contributed by atoms with E-state index < -0.39 is 10.8 Å². The number of nitro groups is 1. The third kappa shape index (κ3) is 2.64. The second-order valence-electron chi connectivity index (χ2n) is 4.91. The van der Waals surface area contributed by atoms with Gasteiger partial charge < -0.3 is 9.88 Å². The molecule has 1 N–H and O–H groups in total. The first-order valence-electron chi connectivity index (χ1n) is 6.71. The first-order valence-corrected chi connectivity index (χ1v) is 7.69. The van der Waals surface area contributed by atoms with Crippen molar-refractivity contribution in [3.63, 3.8) is 0 Å². The maximum absolute atomic E-state index is 12.4. The van der Waals surface area contributed by atoms with E-state index in [4.69, 9.17) is 0 Å². The second-order valence-corrected chi connectivity index (χ2v) is 5.98. The highest BCUT2D eigenvalue weighted by molar-refractivity contribution is 7.99. The van der Waals surface area contributed by atoms with Crippen molar-refractivity contribution in [2.24, 2.45) is 0 Å². The van der Waals surface area contributed by atoms with Crippen LogP contribution >= 0.6 is 11.8 Å². The van der Waals surface area contributed by atoms with Crippen LogP contribution in [0.5, 0.6) is 0 Å². The Balaban J connectivity index is 1.89. The van der Waals surface area contributed by atoms with Crippen molar-refractivity contribution in [2.75, 3.05) is 11.1 Å². The smallest absolute Gasteiger partial charge is 0.269 e. The average Bonchev–Trinajstić information content (AvgIpc) is 3.07. The Kier molecular flexibility index (Phi) is 3.75. The van der Waals surface area contributed by atoms with E-state index in [9.17, 15) is 20.2 Å². The highest BCUT2D eigenvalue weighted by atomic mass is 32.2. The lowest BCUT2D eigenvalue weighted by Gasteiger charge is -2.06. The summed E-state index contributed by atoms with van der Waals surface area (Å²) in [4.78, 5) is 26.9. The number of carbonyl (C=O) groups excluding carboxylic acids is 1. The molecule has 0 bridgehead atoms. The molecule has 2 heterocycles. The molecule has 0 spiro atoms. The number of rotatable bonds is 3. The Labute approximate surface area is 135 Å². The van der Waals surface area contributed by atoms with Gasteiger partial charge in [-0.05, 0) is 18.6 Å². The quantitative estimate of drug-likeness (QED) is 0.683. The maximum atomic E-state index is 12.4. The number of hydrogen-bond acceptors (Lipinski definition) is 6. The van der Waals surface area contributed by atoms with Crippen LogP contribution in [0.25, 0.3) is 0 Å². The lowest BCUT2D eigenvalue weighted by molar-refractivity contribution is -0.384. The highest BCUT2D eigenvalue weighted by Gasteiger charge is 2.23. The fraction of sp³-hybridized carbons (Fsp3) is 0.214. The lowest BCUT2D eigenvalue weighted by Crippen LogP contribution is -2.15. The van der Waals surface area contributed by atoms with Crippen molar-refractivity contribution in [1.82, 2.24) is 9.55 Å². The van der Waals surface area contributed by atoms with Crippen molar-refractivity contribution in [3.8, 4) is 6.07 Å². The third-order valence-electron chi connectivity index (χ3n) is 3.48. The van der Waals surface area contributed by atoms with Gasteiger partial charge in [0.15, 0.2) is 16.7 Å². The fourth-order valence-corrected chi connectivity index (χ4v) is 3.32. The largest absolute Gasteiger partial charge is 0.308 e. The molecule has 0 fully saturated rings. The SMILES string of the molecule is Cc1cc([N+](=O)[O-])ccc1C(=O)Nc1nc2n(c1C#N)CCS2. The van der Waals surface area contributed by atoms with E-state index in [0.29, 0.717) is 28.5 Å². The van der Waals surface area contributed by atoms with Crippen molar-refractivity contribution >= 4 is 29.2 Å². The topological polar surface area (TPSA) is 114 Å². The molecule has 116 valence electrons. The molecule has 0 atom stereocenters. The number of aryl methyl sites for hydroxylation is 1. The van der Waals surface area contributed by atoms with Gasteiger partial charge in [0, 0.05) is 30.0 Å². The summed E-state index contributed by atoms with van der Waals surface area (Å²) in [6.07, 6.45) is 0. The zero-order valence-corrected chi connectivity index (χ0v) is 12.9. The molecule has 0 radical (unpaired) electrons. The molecular weight excluding hydrogens is 318 g/mol. The Morgan fingerprint density at radius 2 is 2.35 bits per heavy atom. The molecule has 0 saturated heterocycles. The van der Waals surface area contributed by atoms with E-state index in [-0.39, 0.29) is 11.5 Å². The van der Waals surface area contributed by atoms with Gasteiger partial charge in [-0.3, -0.25) is 14.9 Å². The molecule has 9 heteroatoms. The Bertz CT molecular complexity index is 868. The van der Waals surface area contributed by atoms with Crippen LogP contribution in [-0.2, 0) is 6.54 Å². The fourth-order valence-electron chi connectivity index (χ4n) is 2.37. The van der Waals surface area contributed by atoms with E-state index in [0.717, 1.165) is 5.75 Å². The van der Waals surface area contributed by atoms with Crippen molar-refractivity contribution < 1.29 is 9.72 Å². The van der Waals surface area contributed by atoms with Gasteiger partial charge in [-0.2, -0.15) is 5.26 Å². The molecule has 8 nitrogen and oxygen atoms in total. The van der Waals surface area contributed by atoms with Gasteiger partial charge in [-0.25, -0.2) is 4.98 Å². The number of amides is 1. The highest BCUT2D eigenvalue weighted by Crippen LogP contribution is 2.30. The van der Waals surface area contributed by atoms with Gasteiger partial charge >= 0.3 is 0 Å². The summed E-state index contributed by atoms with van der Waals surface area (Å²) in [7, 11) is 0. The zero-order valence-electron chi connectivity index (χ0n) is 12.1. The summed E-state index contributed by atoms with van der Waals surface area (Å²) >= 11 is 1.52. The molecule has 23 heavy (non-hydrogen) atoms. The lowest BCUT2D eigenvalue weighted by atomic mass is 10.1. The zero-order chi connectivity index (χ0) is 16.6. The summed E-state index contributed by atoms with van der Waals surface area (Å²) in [5.74, 6) is 0.625. The van der Waals surface area contributed by atoms with E-state index in [1.165, 1.54) is 30.0 Å². The molecule has 0 saturated carbocycles. The van der Waals surface area contributed by atoms with E-state index in [2.05, 4.69) is 16.4 Å². The van der Waals surface area contributed by atoms with E-state index >= 15 is 0 Å². The molecule has 2 aromatic rings. The maximum Gasteiger partial charge on any atom is 0.269 e. The number of nitrogens with zero attached hydrogens (tertiary/aromatic N) is 4. The summed E-state index contributed by atoms with van der Waals surface area (Å²) < 4.78 is 1.77. The predicted molar refractivity (Wildman–Crippen MR) is 83.5 cm³/mol. The van der Waals surface area contributed by atoms with Crippen LogP contribution in [0.2, 0.25) is 0 Å². The third-order valence-corrected chi connectivity index (χ3v) is 4.44. The Morgan fingerprint density at radius 1 is 1.57 bits per heavy atom. The summed E-state index contributed by atoms with van der Waals surface area (Å²) in [6, 6.07) is 6.06. The minimum atomic E-state index is -0.514. The number of imidazole rings is 1. The molecule has 0 unspecified atom stereocenters.